The first-order chi connectivity index (χ1) is 15.3. The van der Waals surface area contributed by atoms with E-state index in [0.717, 1.165) is 27.9 Å². The number of rotatable bonds is 4. The molecule has 0 radical (unpaired) electrons. The molecule has 5 aromatic rings. The molecule has 31 heavy (non-hydrogen) atoms. The summed E-state index contributed by atoms with van der Waals surface area (Å²) in [6.07, 6.45) is 1.76. The van der Waals surface area contributed by atoms with E-state index in [1.165, 1.54) is 0 Å². The number of benzene rings is 3. The van der Waals surface area contributed by atoms with Gasteiger partial charge in [0.15, 0.2) is 17.5 Å². The van der Waals surface area contributed by atoms with Gasteiger partial charge in [-0.1, -0.05) is 78.3 Å². The van der Waals surface area contributed by atoms with E-state index in [2.05, 4.69) is 4.98 Å². The van der Waals surface area contributed by atoms with Gasteiger partial charge in [0.1, 0.15) is 0 Å². The molecule has 5 rings (SSSR count). The number of halogens is 1. The first-order valence-corrected chi connectivity index (χ1v) is 10.2. The van der Waals surface area contributed by atoms with Gasteiger partial charge in [0, 0.05) is 33.5 Å². The third-order valence-corrected chi connectivity index (χ3v) is 5.03. The number of hydrogen-bond acceptors (Lipinski definition) is 4. The van der Waals surface area contributed by atoms with Crippen LogP contribution >= 0.6 is 11.6 Å². The molecule has 0 saturated carbocycles. The molecule has 5 heteroatoms. The van der Waals surface area contributed by atoms with E-state index in [1.807, 2.05) is 97.1 Å². The first kappa shape index (κ1) is 19.1. The van der Waals surface area contributed by atoms with Crippen LogP contribution < -0.4 is 0 Å². The Balaban J connectivity index is 1.70. The molecule has 0 bridgehead atoms. The van der Waals surface area contributed by atoms with Gasteiger partial charge in [-0.15, -0.1) is 0 Å². The average molecular weight is 421 g/mol. The summed E-state index contributed by atoms with van der Waals surface area (Å²) >= 11 is 6.46. The fraction of sp³-hybridized carbons (Fsp3) is 0. The molecule has 0 amide bonds. The van der Waals surface area contributed by atoms with Crippen LogP contribution in [0, 0.1) is 0 Å². The van der Waals surface area contributed by atoms with Gasteiger partial charge in [0.05, 0.1) is 5.69 Å². The minimum Gasteiger partial charge on any atom is -0.256 e. The molecule has 2 aromatic heterocycles. The second kappa shape index (κ2) is 8.46. The standard InChI is InChI=1S/C26H17ClN4/c27-22-16-20(23-13-7-8-14-28-23)15-21(17-22)26-30-24(18-9-3-1-4-10-18)29-25(31-26)19-11-5-2-6-12-19/h1-17H. The van der Waals surface area contributed by atoms with E-state index in [1.54, 1.807) is 6.20 Å². The van der Waals surface area contributed by atoms with Gasteiger partial charge in [-0.25, -0.2) is 15.0 Å². The molecule has 3 aromatic carbocycles. The summed E-state index contributed by atoms with van der Waals surface area (Å²) in [5.41, 5.74) is 4.41. The third-order valence-electron chi connectivity index (χ3n) is 4.82. The van der Waals surface area contributed by atoms with Crippen LogP contribution in [0.4, 0.5) is 0 Å². The molecule has 0 spiro atoms. The van der Waals surface area contributed by atoms with Crippen molar-refractivity contribution >= 4 is 11.6 Å². The lowest BCUT2D eigenvalue weighted by molar-refractivity contribution is 1.07. The summed E-state index contributed by atoms with van der Waals surface area (Å²) in [6.45, 7) is 0. The van der Waals surface area contributed by atoms with Gasteiger partial charge in [-0.2, -0.15) is 0 Å². The first-order valence-electron chi connectivity index (χ1n) is 9.85. The van der Waals surface area contributed by atoms with Crippen molar-refractivity contribution in [1.29, 1.82) is 0 Å². The van der Waals surface area contributed by atoms with Gasteiger partial charge in [-0.05, 0) is 30.3 Å². The monoisotopic (exact) mass is 420 g/mol. The molecule has 0 unspecified atom stereocenters. The SMILES string of the molecule is Clc1cc(-c2ccccn2)cc(-c2nc(-c3ccccc3)nc(-c3ccccc3)n2)c1. The van der Waals surface area contributed by atoms with E-state index in [-0.39, 0.29) is 0 Å². The zero-order chi connectivity index (χ0) is 21.0. The van der Waals surface area contributed by atoms with E-state index >= 15 is 0 Å². The van der Waals surface area contributed by atoms with Gasteiger partial charge >= 0.3 is 0 Å². The highest BCUT2D eigenvalue weighted by Gasteiger charge is 2.13. The summed E-state index contributed by atoms with van der Waals surface area (Å²) in [4.78, 5) is 18.7. The van der Waals surface area contributed by atoms with Gasteiger partial charge in [0.2, 0.25) is 0 Å². The minimum atomic E-state index is 0.562. The van der Waals surface area contributed by atoms with Crippen molar-refractivity contribution in [3.63, 3.8) is 0 Å². The van der Waals surface area contributed by atoms with Crippen molar-refractivity contribution in [3.05, 3.63) is 108 Å². The smallest absolute Gasteiger partial charge is 0.164 e. The van der Waals surface area contributed by atoms with Gasteiger partial charge in [0.25, 0.3) is 0 Å². The summed E-state index contributed by atoms with van der Waals surface area (Å²) < 4.78 is 0. The molecule has 2 heterocycles. The van der Waals surface area contributed by atoms with Crippen LogP contribution in [0.2, 0.25) is 5.02 Å². The molecular formula is C26H17ClN4. The summed E-state index contributed by atoms with van der Waals surface area (Å²) in [6, 6.07) is 31.4. The lowest BCUT2D eigenvalue weighted by atomic mass is 10.1. The predicted octanol–water partition coefficient (Wildman–Crippen LogP) is 6.59. The predicted molar refractivity (Wildman–Crippen MR) is 124 cm³/mol. The maximum atomic E-state index is 6.46. The van der Waals surface area contributed by atoms with Crippen LogP contribution in [0.3, 0.4) is 0 Å². The fourth-order valence-electron chi connectivity index (χ4n) is 3.34. The Morgan fingerprint density at radius 3 is 1.55 bits per heavy atom. The summed E-state index contributed by atoms with van der Waals surface area (Å²) in [5.74, 6) is 1.79. The lowest BCUT2D eigenvalue weighted by Gasteiger charge is -2.10. The highest BCUT2D eigenvalue weighted by Crippen LogP contribution is 2.30. The number of pyridine rings is 1. The quantitative estimate of drug-likeness (QED) is 0.329. The molecule has 0 N–H and O–H groups in total. The van der Waals surface area contributed by atoms with Crippen molar-refractivity contribution in [1.82, 2.24) is 19.9 Å². The maximum Gasteiger partial charge on any atom is 0.164 e. The van der Waals surface area contributed by atoms with Crippen molar-refractivity contribution in [2.75, 3.05) is 0 Å². The Hall–Kier alpha value is -3.89. The maximum absolute atomic E-state index is 6.46. The van der Waals surface area contributed by atoms with Crippen molar-refractivity contribution in [3.8, 4) is 45.4 Å². The van der Waals surface area contributed by atoms with E-state index in [9.17, 15) is 0 Å². The largest absolute Gasteiger partial charge is 0.256 e. The molecule has 0 atom stereocenters. The topological polar surface area (TPSA) is 51.6 Å². The lowest BCUT2D eigenvalue weighted by Crippen LogP contribution is -2.00. The van der Waals surface area contributed by atoms with Crippen LogP contribution in [0.15, 0.2) is 103 Å². The molecule has 0 saturated heterocycles. The average Bonchev–Trinajstić information content (AvgIpc) is 2.85. The van der Waals surface area contributed by atoms with Crippen LogP contribution in [0.5, 0.6) is 0 Å². The highest BCUT2D eigenvalue weighted by molar-refractivity contribution is 6.31. The molecule has 0 aliphatic carbocycles. The molecule has 0 aliphatic heterocycles. The third kappa shape index (κ3) is 4.20. The Morgan fingerprint density at radius 2 is 1.00 bits per heavy atom. The number of hydrogen-bond donors (Lipinski definition) is 0. The second-order valence-corrected chi connectivity index (χ2v) is 7.42. The van der Waals surface area contributed by atoms with Crippen molar-refractivity contribution in [2.24, 2.45) is 0 Å². The zero-order valence-electron chi connectivity index (χ0n) is 16.5. The van der Waals surface area contributed by atoms with Crippen molar-refractivity contribution < 1.29 is 0 Å². The molecule has 0 fully saturated rings. The Bertz CT molecular complexity index is 1270. The summed E-state index contributed by atoms with van der Waals surface area (Å²) in [7, 11) is 0. The van der Waals surface area contributed by atoms with Gasteiger partial charge < -0.3 is 0 Å². The van der Waals surface area contributed by atoms with E-state index in [0.29, 0.717) is 22.5 Å². The second-order valence-electron chi connectivity index (χ2n) is 6.98. The van der Waals surface area contributed by atoms with Crippen LogP contribution in [0.25, 0.3) is 45.4 Å². The fourth-order valence-corrected chi connectivity index (χ4v) is 3.57. The van der Waals surface area contributed by atoms with E-state index < -0.39 is 0 Å². The van der Waals surface area contributed by atoms with Crippen molar-refractivity contribution in [2.45, 2.75) is 0 Å². The molecule has 0 aliphatic rings. The number of nitrogens with zero attached hydrogens (tertiary/aromatic N) is 4. The Labute approximate surface area is 185 Å². The molecule has 148 valence electrons. The van der Waals surface area contributed by atoms with Crippen LogP contribution in [0.1, 0.15) is 0 Å². The highest BCUT2D eigenvalue weighted by atomic mass is 35.5. The Kier molecular flexibility index (Phi) is 5.21. The summed E-state index contributed by atoms with van der Waals surface area (Å²) in [5, 5.41) is 0.598. The number of aromatic nitrogens is 4. The van der Waals surface area contributed by atoms with Crippen LogP contribution in [-0.4, -0.2) is 19.9 Å². The molecular weight excluding hydrogens is 404 g/mol. The molecule has 4 nitrogen and oxygen atoms in total. The normalized spacial score (nSPS) is 10.7. The van der Waals surface area contributed by atoms with E-state index in [4.69, 9.17) is 26.6 Å². The minimum absolute atomic E-state index is 0.562. The van der Waals surface area contributed by atoms with Gasteiger partial charge in [-0.3, -0.25) is 4.98 Å². The van der Waals surface area contributed by atoms with Crippen LogP contribution in [-0.2, 0) is 0 Å². The Morgan fingerprint density at radius 1 is 0.484 bits per heavy atom. The zero-order valence-corrected chi connectivity index (χ0v) is 17.2.